The number of amides is 1. The van der Waals surface area contributed by atoms with E-state index < -0.39 is 0 Å². The molecule has 1 aromatic carbocycles. The second-order valence-corrected chi connectivity index (χ2v) is 4.72. The Bertz CT molecular complexity index is 586. The maximum atomic E-state index is 12.9. The number of hydrogen-bond donors (Lipinski definition) is 2. The lowest BCUT2D eigenvalue weighted by atomic mass is 10.2. The first-order valence-electron chi connectivity index (χ1n) is 5.04. The van der Waals surface area contributed by atoms with Gasteiger partial charge in [0.25, 0.3) is 5.91 Å². The van der Waals surface area contributed by atoms with E-state index in [1.54, 1.807) is 12.1 Å². The quantitative estimate of drug-likeness (QED) is 0.813. The van der Waals surface area contributed by atoms with Gasteiger partial charge in [0.15, 0.2) is 0 Å². The Hall–Kier alpha value is -1.70. The van der Waals surface area contributed by atoms with Crippen LogP contribution in [-0.2, 0) is 0 Å². The monoisotopic (exact) mass is 357 g/mol. The molecule has 0 fully saturated rings. The van der Waals surface area contributed by atoms with Gasteiger partial charge in [-0.1, -0.05) is 0 Å². The number of pyridine rings is 1. The Labute approximate surface area is 117 Å². The Kier molecular flexibility index (Phi) is 3.75. The fourth-order valence-corrected chi connectivity index (χ4v) is 2.06. The number of rotatable bonds is 2. The molecule has 6 heteroatoms. The maximum Gasteiger partial charge on any atom is 0.257 e. The summed E-state index contributed by atoms with van der Waals surface area (Å²) in [6.07, 6.45) is 1.45. The minimum atomic E-state index is -0.374. The number of nitrogens with zero attached hydrogens (tertiary/aromatic N) is 1. The van der Waals surface area contributed by atoms with Gasteiger partial charge in [-0.25, -0.2) is 9.37 Å². The van der Waals surface area contributed by atoms with Crippen LogP contribution in [0.3, 0.4) is 0 Å². The zero-order valence-electron chi connectivity index (χ0n) is 9.15. The normalized spacial score (nSPS) is 10.1. The van der Waals surface area contributed by atoms with Crippen LogP contribution in [0.15, 0.2) is 36.5 Å². The van der Waals surface area contributed by atoms with Crippen molar-refractivity contribution >= 4 is 40.0 Å². The van der Waals surface area contributed by atoms with Gasteiger partial charge in [0, 0.05) is 3.57 Å². The van der Waals surface area contributed by atoms with Crippen LogP contribution in [0.2, 0.25) is 0 Å². The van der Waals surface area contributed by atoms with Crippen LogP contribution in [0.5, 0.6) is 0 Å². The number of nitrogens with one attached hydrogen (secondary N) is 1. The molecular formula is C12H9FIN3O. The third kappa shape index (κ3) is 2.95. The minimum absolute atomic E-state index is 0.336. The van der Waals surface area contributed by atoms with Crippen LogP contribution < -0.4 is 11.1 Å². The largest absolute Gasteiger partial charge is 0.397 e. The van der Waals surface area contributed by atoms with Crippen molar-refractivity contribution in [1.29, 1.82) is 0 Å². The van der Waals surface area contributed by atoms with Gasteiger partial charge >= 0.3 is 0 Å². The van der Waals surface area contributed by atoms with Gasteiger partial charge in [-0.2, -0.15) is 0 Å². The van der Waals surface area contributed by atoms with E-state index in [9.17, 15) is 9.18 Å². The Morgan fingerprint density at radius 3 is 2.72 bits per heavy atom. The van der Waals surface area contributed by atoms with Gasteiger partial charge in [0.05, 0.1) is 17.4 Å². The van der Waals surface area contributed by atoms with E-state index in [4.69, 9.17) is 5.73 Å². The third-order valence-electron chi connectivity index (χ3n) is 2.20. The molecule has 1 aromatic heterocycles. The number of hydrogen-bond acceptors (Lipinski definition) is 3. The van der Waals surface area contributed by atoms with Gasteiger partial charge in [0.2, 0.25) is 0 Å². The molecule has 1 amide bonds. The molecule has 18 heavy (non-hydrogen) atoms. The van der Waals surface area contributed by atoms with Crippen LogP contribution in [0.1, 0.15) is 10.4 Å². The molecule has 0 bridgehead atoms. The van der Waals surface area contributed by atoms with E-state index in [2.05, 4.69) is 10.3 Å². The summed E-state index contributed by atoms with van der Waals surface area (Å²) in [7, 11) is 0. The SMILES string of the molecule is Nc1ccc(NC(=O)c2ccc(F)cc2I)nc1. The topological polar surface area (TPSA) is 68.0 Å². The molecule has 0 atom stereocenters. The molecule has 0 saturated heterocycles. The summed E-state index contributed by atoms with van der Waals surface area (Å²) in [5.41, 5.74) is 6.41. The molecule has 92 valence electrons. The first-order valence-corrected chi connectivity index (χ1v) is 6.12. The Morgan fingerprint density at radius 1 is 1.33 bits per heavy atom. The molecular weight excluding hydrogens is 348 g/mol. The average Bonchev–Trinajstić information content (AvgIpc) is 2.32. The Balaban J connectivity index is 2.19. The van der Waals surface area contributed by atoms with E-state index >= 15 is 0 Å². The van der Waals surface area contributed by atoms with E-state index in [0.717, 1.165) is 0 Å². The molecule has 3 N–H and O–H groups in total. The van der Waals surface area contributed by atoms with Crippen molar-refractivity contribution in [2.75, 3.05) is 11.1 Å². The van der Waals surface area contributed by atoms with Crippen molar-refractivity contribution in [2.45, 2.75) is 0 Å². The number of nitrogens with two attached hydrogens (primary N) is 1. The van der Waals surface area contributed by atoms with Crippen molar-refractivity contribution in [3.63, 3.8) is 0 Å². The molecule has 0 aliphatic heterocycles. The molecule has 0 saturated carbocycles. The zero-order chi connectivity index (χ0) is 13.1. The maximum absolute atomic E-state index is 12.9. The van der Waals surface area contributed by atoms with Gasteiger partial charge in [-0.05, 0) is 52.9 Å². The second kappa shape index (κ2) is 5.30. The van der Waals surface area contributed by atoms with Crippen molar-refractivity contribution in [3.8, 4) is 0 Å². The smallest absolute Gasteiger partial charge is 0.257 e. The summed E-state index contributed by atoms with van der Waals surface area (Å²) in [6.45, 7) is 0. The molecule has 0 aliphatic carbocycles. The number of nitrogen functional groups attached to an aromatic ring is 1. The average molecular weight is 357 g/mol. The summed E-state index contributed by atoms with van der Waals surface area (Å²) >= 11 is 1.91. The number of aromatic nitrogens is 1. The molecule has 2 rings (SSSR count). The minimum Gasteiger partial charge on any atom is -0.397 e. The van der Waals surface area contributed by atoms with E-state index in [1.807, 2.05) is 22.6 Å². The highest BCUT2D eigenvalue weighted by atomic mass is 127. The molecule has 0 radical (unpaired) electrons. The van der Waals surface area contributed by atoms with Crippen molar-refractivity contribution < 1.29 is 9.18 Å². The fourth-order valence-electron chi connectivity index (χ4n) is 1.34. The molecule has 4 nitrogen and oxygen atoms in total. The van der Waals surface area contributed by atoms with Gasteiger partial charge in [0.1, 0.15) is 11.6 Å². The predicted molar refractivity (Wildman–Crippen MR) is 75.7 cm³/mol. The molecule has 0 aliphatic rings. The van der Waals surface area contributed by atoms with Crippen LogP contribution in [0.25, 0.3) is 0 Å². The van der Waals surface area contributed by atoms with Gasteiger partial charge in [-0.15, -0.1) is 0 Å². The standard InChI is InChI=1S/C12H9FIN3O/c13-7-1-3-9(10(14)5-7)12(18)17-11-4-2-8(15)6-16-11/h1-6H,15H2,(H,16,17,18). The number of halogens is 2. The number of anilines is 2. The van der Waals surface area contributed by atoms with Crippen LogP contribution >= 0.6 is 22.6 Å². The highest BCUT2D eigenvalue weighted by molar-refractivity contribution is 14.1. The highest BCUT2D eigenvalue weighted by Crippen LogP contribution is 2.15. The van der Waals surface area contributed by atoms with Crippen molar-refractivity contribution in [3.05, 3.63) is 51.5 Å². The summed E-state index contributed by atoms with van der Waals surface area (Å²) in [5, 5.41) is 2.61. The highest BCUT2D eigenvalue weighted by Gasteiger charge is 2.11. The number of carbonyl (C=O) groups excluding carboxylic acids is 1. The lowest BCUT2D eigenvalue weighted by Gasteiger charge is -2.06. The molecule has 0 unspecified atom stereocenters. The lowest BCUT2D eigenvalue weighted by molar-refractivity contribution is 0.102. The fraction of sp³-hybridized carbons (Fsp3) is 0. The van der Waals surface area contributed by atoms with Crippen LogP contribution in [0.4, 0.5) is 15.9 Å². The second-order valence-electron chi connectivity index (χ2n) is 3.56. The lowest BCUT2D eigenvalue weighted by Crippen LogP contribution is -2.14. The molecule has 2 aromatic rings. The summed E-state index contributed by atoms with van der Waals surface area (Å²) in [6, 6.07) is 7.21. The van der Waals surface area contributed by atoms with Gasteiger partial charge < -0.3 is 11.1 Å². The first-order chi connectivity index (χ1) is 8.56. The van der Waals surface area contributed by atoms with E-state index in [0.29, 0.717) is 20.6 Å². The zero-order valence-corrected chi connectivity index (χ0v) is 11.3. The summed E-state index contributed by atoms with van der Waals surface area (Å²) in [5.74, 6) is -0.312. The van der Waals surface area contributed by atoms with Crippen LogP contribution in [-0.4, -0.2) is 10.9 Å². The third-order valence-corrected chi connectivity index (χ3v) is 3.10. The summed E-state index contributed by atoms with van der Waals surface area (Å²) in [4.78, 5) is 15.9. The van der Waals surface area contributed by atoms with Crippen LogP contribution in [0, 0.1) is 9.39 Å². The van der Waals surface area contributed by atoms with E-state index in [-0.39, 0.29) is 11.7 Å². The number of benzene rings is 1. The van der Waals surface area contributed by atoms with Crippen molar-refractivity contribution in [2.24, 2.45) is 0 Å². The first kappa shape index (κ1) is 12.7. The molecule has 0 spiro atoms. The number of carbonyl (C=O) groups is 1. The summed E-state index contributed by atoms with van der Waals surface area (Å²) < 4.78 is 13.5. The van der Waals surface area contributed by atoms with Crippen molar-refractivity contribution in [1.82, 2.24) is 4.98 Å². The van der Waals surface area contributed by atoms with E-state index in [1.165, 1.54) is 24.4 Å². The predicted octanol–water partition coefficient (Wildman–Crippen LogP) is 2.66. The van der Waals surface area contributed by atoms with Gasteiger partial charge in [-0.3, -0.25) is 4.79 Å². The Morgan fingerprint density at radius 2 is 2.11 bits per heavy atom. The molecule has 1 heterocycles.